The van der Waals surface area contributed by atoms with E-state index in [0.717, 1.165) is 17.0 Å². The van der Waals surface area contributed by atoms with Gasteiger partial charge in [0.25, 0.3) is 0 Å². The van der Waals surface area contributed by atoms with Crippen LogP contribution in [0.15, 0.2) is 53.7 Å². The molecule has 3 rings (SSSR count). The molecule has 8 nitrogen and oxygen atoms in total. The lowest BCUT2D eigenvalue weighted by molar-refractivity contribution is -0.116. The number of benzene rings is 2. The minimum Gasteiger partial charge on any atom is -0.494 e. The first-order valence-corrected chi connectivity index (χ1v) is 11.4. The van der Waals surface area contributed by atoms with Crippen molar-refractivity contribution in [2.24, 2.45) is 0 Å². The number of hydrogen-bond donors (Lipinski definition) is 2. The van der Waals surface area contributed by atoms with Gasteiger partial charge >= 0.3 is 0 Å². The molecule has 0 aliphatic carbocycles. The van der Waals surface area contributed by atoms with Crippen LogP contribution in [0, 0.1) is 6.92 Å². The molecule has 0 spiro atoms. The third-order valence-corrected chi connectivity index (χ3v) is 5.60. The van der Waals surface area contributed by atoms with Gasteiger partial charge in [0.05, 0.1) is 18.8 Å². The van der Waals surface area contributed by atoms with Crippen molar-refractivity contribution >= 4 is 35.0 Å². The summed E-state index contributed by atoms with van der Waals surface area (Å²) in [5.41, 5.74) is 2.48. The van der Waals surface area contributed by atoms with Gasteiger partial charge in [0.15, 0.2) is 5.16 Å². The molecule has 9 heteroatoms. The summed E-state index contributed by atoms with van der Waals surface area (Å²) < 4.78 is 7.26. The monoisotopic (exact) mass is 453 g/mol. The van der Waals surface area contributed by atoms with Crippen LogP contribution in [0.4, 0.5) is 11.4 Å². The van der Waals surface area contributed by atoms with Gasteiger partial charge in [0.1, 0.15) is 11.6 Å². The number of anilines is 2. The van der Waals surface area contributed by atoms with E-state index in [1.165, 1.54) is 11.8 Å². The highest BCUT2D eigenvalue weighted by Crippen LogP contribution is 2.20. The Morgan fingerprint density at radius 1 is 1.00 bits per heavy atom. The van der Waals surface area contributed by atoms with Crippen molar-refractivity contribution in [1.29, 1.82) is 0 Å². The molecule has 0 aliphatic heterocycles. The normalized spacial score (nSPS) is 10.6. The summed E-state index contributed by atoms with van der Waals surface area (Å²) in [4.78, 5) is 24.8. The van der Waals surface area contributed by atoms with Gasteiger partial charge in [-0.15, -0.1) is 10.2 Å². The minimum atomic E-state index is -0.190. The molecule has 0 atom stereocenters. The molecule has 1 aromatic heterocycles. The molecule has 1 heterocycles. The Kier molecular flexibility index (Phi) is 8.27. The fraction of sp³-hybridized carbons (Fsp3) is 0.304. The maximum Gasteiger partial charge on any atom is 0.234 e. The fourth-order valence-electron chi connectivity index (χ4n) is 3.05. The molecule has 2 N–H and O–H groups in total. The number of para-hydroxylation sites is 1. The van der Waals surface area contributed by atoms with E-state index < -0.39 is 0 Å². The Morgan fingerprint density at radius 2 is 1.75 bits per heavy atom. The Balaban J connectivity index is 1.56. The van der Waals surface area contributed by atoms with Crippen LogP contribution in [-0.2, 0) is 22.6 Å². The van der Waals surface area contributed by atoms with Gasteiger partial charge in [0, 0.05) is 17.9 Å². The standard InChI is InChI=1S/C23H27N5O3S/c1-4-28-20(14-21(29)24-17-10-12-18(13-11-17)31-5-2)26-27-23(28)32-15-22(30)25-19-9-7-6-8-16(19)3/h6-13H,4-5,14-15H2,1-3H3,(H,24,29)(H,25,30). The second-order valence-corrected chi connectivity index (χ2v) is 7.92. The van der Waals surface area contributed by atoms with Crippen molar-refractivity contribution in [2.75, 3.05) is 23.0 Å². The molecule has 32 heavy (non-hydrogen) atoms. The van der Waals surface area contributed by atoms with E-state index in [1.54, 1.807) is 12.1 Å². The number of aryl methyl sites for hydroxylation is 1. The Morgan fingerprint density at radius 3 is 2.44 bits per heavy atom. The number of nitrogens with one attached hydrogen (secondary N) is 2. The van der Waals surface area contributed by atoms with E-state index >= 15 is 0 Å². The van der Waals surface area contributed by atoms with Gasteiger partial charge in [-0.3, -0.25) is 9.59 Å². The van der Waals surface area contributed by atoms with E-state index in [-0.39, 0.29) is 24.0 Å². The lowest BCUT2D eigenvalue weighted by Crippen LogP contribution is -2.18. The molecule has 0 saturated heterocycles. The molecule has 0 fully saturated rings. The summed E-state index contributed by atoms with van der Waals surface area (Å²) in [6.07, 6.45) is 0.0873. The predicted octanol–water partition coefficient (Wildman–Crippen LogP) is 3.92. The summed E-state index contributed by atoms with van der Waals surface area (Å²) in [6, 6.07) is 14.8. The third-order valence-electron chi connectivity index (χ3n) is 4.63. The van der Waals surface area contributed by atoms with Gasteiger partial charge in [-0.05, 0) is 56.7 Å². The lowest BCUT2D eigenvalue weighted by atomic mass is 10.2. The van der Waals surface area contributed by atoms with Crippen LogP contribution in [0.2, 0.25) is 0 Å². The van der Waals surface area contributed by atoms with E-state index in [0.29, 0.717) is 29.8 Å². The Hall–Kier alpha value is -3.33. The molecule has 0 radical (unpaired) electrons. The van der Waals surface area contributed by atoms with Gasteiger partial charge in [-0.25, -0.2) is 0 Å². The van der Waals surface area contributed by atoms with Crippen LogP contribution in [0.25, 0.3) is 0 Å². The molecule has 0 bridgehead atoms. The van der Waals surface area contributed by atoms with Crippen molar-refractivity contribution in [1.82, 2.24) is 14.8 Å². The van der Waals surface area contributed by atoms with Crippen LogP contribution < -0.4 is 15.4 Å². The minimum absolute atomic E-state index is 0.0873. The topological polar surface area (TPSA) is 98.1 Å². The molecule has 0 saturated carbocycles. The van der Waals surface area contributed by atoms with Crippen molar-refractivity contribution in [3.8, 4) is 5.75 Å². The molecule has 0 aliphatic rings. The van der Waals surface area contributed by atoms with Crippen molar-refractivity contribution in [3.63, 3.8) is 0 Å². The van der Waals surface area contributed by atoms with Crippen molar-refractivity contribution in [2.45, 2.75) is 38.9 Å². The lowest BCUT2D eigenvalue weighted by Gasteiger charge is -2.09. The fourth-order valence-corrected chi connectivity index (χ4v) is 3.87. The zero-order chi connectivity index (χ0) is 22.9. The average Bonchev–Trinajstić information content (AvgIpc) is 3.16. The highest BCUT2D eigenvalue weighted by atomic mass is 32.2. The maximum absolute atomic E-state index is 12.5. The SMILES string of the molecule is CCOc1ccc(NC(=O)Cc2nnc(SCC(=O)Nc3ccccc3C)n2CC)cc1. The quantitative estimate of drug-likeness (QED) is 0.452. The Bertz CT molecular complexity index is 1070. The van der Waals surface area contributed by atoms with Crippen molar-refractivity contribution in [3.05, 3.63) is 59.9 Å². The van der Waals surface area contributed by atoms with E-state index in [2.05, 4.69) is 20.8 Å². The highest BCUT2D eigenvalue weighted by molar-refractivity contribution is 7.99. The number of nitrogens with zero attached hydrogens (tertiary/aromatic N) is 3. The van der Waals surface area contributed by atoms with Gasteiger partial charge < -0.3 is 19.9 Å². The number of aromatic nitrogens is 3. The molecule has 168 valence electrons. The van der Waals surface area contributed by atoms with Gasteiger partial charge in [-0.1, -0.05) is 30.0 Å². The maximum atomic E-state index is 12.5. The van der Waals surface area contributed by atoms with Gasteiger partial charge in [-0.2, -0.15) is 0 Å². The van der Waals surface area contributed by atoms with E-state index in [9.17, 15) is 9.59 Å². The molecule has 0 unspecified atom stereocenters. The highest BCUT2D eigenvalue weighted by Gasteiger charge is 2.16. The summed E-state index contributed by atoms with van der Waals surface area (Å²) >= 11 is 1.29. The summed E-state index contributed by atoms with van der Waals surface area (Å²) in [7, 11) is 0. The second kappa shape index (κ2) is 11.3. The first kappa shape index (κ1) is 23.3. The third kappa shape index (κ3) is 6.34. The second-order valence-electron chi connectivity index (χ2n) is 6.98. The number of rotatable bonds is 10. The Labute approximate surface area is 191 Å². The van der Waals surface area contributed by atoms with Crippen LogP contribution >= 0.6 is 11.8 Å². The number of carbonyl (C=O) groups excluding carboxylic acids is 2. The zero-order valence-electron chi connectivity index (χ0n) is 18.4. The predicted molar refractivity (Wildman–Crippen MR) is 126 cm³/mol. The van der Waals surface area contributed by atoms with Crippen LogP contribution in [0.1, 0.15) is 25.2 Å². The number of thioether (sulfide) groups is 1. The van der Waals surface area contributed by atoms with Crippen LogP contribution in [0.5, 0.6) is 5.75 Å². The molecular weight excluding hydrogens is 426 g/mol. The van der Waals surface area contributed by atoms with E-state index in [1.807, 2.05) is 61.7 Å². The first-order chi connectivity index (χ1) is 15.5. The molecule has 2 amide bonds. The average molecular weight is 454 g/mol. The number of amides is 2. The van der Waals surface area contributed by atoms with Gasteiger partial charge in [0.2, 0.25) is 11.8 Å². The summed E-state index contributed by atoms with van der Waals surface area (Å²) in [5, 5.41) is 14.7. The van der Waals surface area contributed by atoms with E-state index in [4.69, 9.17) is 4.74 Å². The van der Waals surface area contributed by atoms with Crippen molar-refractivity contribution < 1.29 is 14.3 Å². The first-order valence-electron chi connectivity index (χ1n) is 10.4. The summed E-state index contributed by atoms with van der Waals surface area (Å²) in [6.45, 7) is 7.01. The molecule has 3 aromatic rings. The number of ether oxygens (including phenoxy) is 1. The smallest absolute Gasteiger partial charge is 0.234 e. The molecular formula is C23H27N5O3S. The molecule has 2 aromatic carbocycles. The largest absolute Gasteiger partial charge is 0.494 e. The summed E-state index contributed by atoms with van der Waals surface area (Å²) in [5.74, 6) is 1.20. The zero-order valence-corrected chi connectivity index (χ0v) is 19.2. The number of carbonyl (C=O) groups is 2. The number of hydrogen-bond acceptors (Lipinski definition) is 6. The van der Waals surface area contributed by atoms with Crippen LogP contribution in [0.3, 0.4) is 0 Å². The van der Waals surface area contributed by atoms with Crippen LogP contribution in [-0.4, -0.2) is 38.9 Å².